The van der Waals surface area contributed by atoms with E-state index < -0.39 is 0 Å². The molecule has 0 aromatic heterocycles. The van der Waals surface area contributed by atoms with Crippen molar-refractivity contribution in [1.29, 1.82) is 0 Å². The van der Waals surface area contributed by atoms with Gasteiger partial charge in [-0.15, -0.1) is 11.8 Å². The highest BCUT2D eigenvalue weighted by Crippen LogP contribution is 2.39. The first kappa shape index (κ1) is 14.8. The van der Waals surface area contributed by atoms with Crippen LogP contribution in [0, 0.1) is 0 Å². The summed E-state index contributed by atoms with van der Waals surface area (Å²) >= 11 is 1.96. The zero-order chi connectivity index (χ0) is 14.7. The normalized spacial score (nSPS) is 22.0. The number of rotatable bonds is 3. The lowest BCUT2D eigenvalue weighted by Gasteiger charge is -2.36. The number of carbonyl (C=O) groups excluding carboxylic acids is 1. The van der Waals surface area contributed by atoms with E-state index in [4.69, 9.17) is 0 Å². The topological polar surface area (TPSA) is 23.6 Å². The molecule has 1 amide bonds. The Morgan fingerprint density at radius 1 is 1.24 bits per heavy atom. The minimum Gasteiger partial charge on any atom is -0.360 e. The second kappa shape index (κ2) is 6.73. The quantitative estimate of drug-likeness (QED) is 0.855. The third kappa shape index (κ3) is 3.37. The van der Waals surface area contributed by atoms with Gasteiger partial charge in [0.2, 0.25) is 5.91 Å². The van der Waals surface area contributed by atoms with E-state index in [2.05, 4.69) is 41.0 Å². The molecule has 1 saturated heterocycles. The van der Waals surface area contributed by atoms with E-state index in [-0.39, 0.29) is 0 Å². The number of carbonyl (C=O) groups is 1. The van der Waals surface area contributed by atoms with E-state index in [1.54, 1.807) is 0 Å². The van der Waals surface area contributed by atoms with Gasteiger partial charge in [0.05, 0.1) is 12.2 Å². The monoisotopic (exact) mass is 304 g/mol. The van der Waals surface area contributed by atoms with Crippen LogP contribution in [0.3, 0.4) is 0 Å². The summed E-state index contributed by atoms with van der Waals surface area (Å²) in [5, 5.41) is 0.592. The number of thioether (sulfide) groups is 1. The summed E-state index contributed by atoms with van der Waals surface area (Å²) in [4.78, 5) is 18.2. The predicted octanol–water partition coefficient (Wildman–Crippen LogP) is 3.39. The fourth-order valence-corrected chi connectivity index (χ4v) is 4.40. The largest absolute Gasteiger partial charge is 0.360 e. The van der Waals surface area contributed by atoms with Crippen LogP contribution in [-0.4, -0.2) is 42.2 Å². The molecule has 0 unspecified atom stereocenters. The lowest BCUT2D eigenvalue weighted by atomic mass is 10.1. The van der Waals surface area contributed by atoms with Crippen molar-refractivity contribution >= 4 is 23.4 Å². The molecule has 2 aliphatic heterocycles. The Balaban J connectivity index is 1.73. The van der Waals surface area contributed by atoms with Crippen LogP contribution < -0.4 is 4.90 Å². The molecule has 1 atom stereocenters. The van der Waals surface area contributed by atoms with Crippen LogP contribution in [0.2, 0.25) is 0 Å². The first-order chi connectivity index (χ1) is 10.3. The Bertz CT molecular complexity index is 499. The summed E-state index contributed by atoms with van der Waals surface area (Å²) in [5.41, 5.74) is 1.23. The zero-order valence-electron chi connectivity index (χ0n) is 12.8. The average molecular weight is 304 g/mol. The van der Waals surface area contributed by atoms with Crippen LogP contribution in [-0.2, 0) is 4.79 Å². The van der Waals surface area contributed by atoms with Gasteiger partial charge in [-0.1, -0.05) is 19.1 Å². The van der Waals surface area contributed by atoms with Gasteiger partial charge < -0.3 is 9.80 Å². The number of fused-ring (bicyclic) bond motifs is 1. The fraction of sp³-hybridized carbons (Fsp3) is 0.588. The second-order valence-electron chi connectivity index (χ2n) is 5.94. The lowest BCUT2D eigenvalue weighted by Crippen LogP contribution is -2.45. The van der Waals surface area contributed by atoms with Crippen LogP contribution in [0.1, 0.15) is 32.6 Å². The third-order valence-corrected chi connectivity index (χ3v) is 5.83. The molecule has 3 rings (SSSR count). The summed E-state index contributed by atoms with van der Waals surface area (Å²) in [6.45, 7) is 5.64. The highest BCUT2D eigenvalue weighted by atomic mass is 32.2. The van der Waals surface area contributed by atoms with Crippen LogP contribution in [0.25, 0.3) is 0 Å². The smallest absolute Gasteiger partial charge is 0.242 e. The van der Waals surface area contributed by atoms with E-state index in [9.17, 15) is 4.79 Å². The number of amides is 1. The maximum absolute atomic E-state index is 12.5. The second-order valence-corrected chi connectivity index (χ2v) is 7.28. The minimum atomic E-state index is 0.297. The van der Waals surface area contributed by atoms with Gasteiger partial charge in [0.1, 0.15) is 0 Å². The highest BCUT2D eigenvalue weighted by molar-refractivity contribution is 8.00. The standard InChI is InChI=1S/C17H24N2OS/c1-2-14-12-19(15-8-4-5-9-16(15)21-14)13-17(20)18-10-6-3-7-11-18/h4-5,8-9,14H,2-3,6-7,10-13H2,1H3/t14-/m1/s1. The lowest BCUT2D eigenvalue weighted by molar-refractivity contribution is -0.130. The van der Waals surface area contributed by atoms with Gasteiger partial charge in [-0.3, -0.25) is 4.79 Å². The Morgan fingerprint density at radius 2 is 2.00 bits per heavy atom. The molecule has 0 saturated carbocycles. The molecule has 2 aliphatic rings. The van der Waals surface area contributed by atoms with Gasteiger partial charge in [-0.2, -0.15) is 0 Å². The number of hydrogen-bond acceptors (Lipinski definition) is 3. The summed E-state index contributed by atoms with van der Waals surface area (Å²) in [7, 11) is 0. The summed E-state index contributed by atoms with van der Waals surface area (Å²) in [6, 6.07) is 8.50. The number of para-hydroxylation sites is 1. The van der Waals surface area contributed by atoms with E-state index in [1.165, 1.54) is 17.0 Å². The molecule has 0 aliphatic carbocycles. The summed E-state index contributed by atoms with van der Waals surface area (Å²) < 4.78 is 0. The first-order valence-electron chi connectivity index (χ1n) is 8.06. The van der Waals surface area contributed by atoms with E-state index in [0.717, 1.165) is 38.9 Å². The Morgan fingerprint density at radius 3 is 2.76 bits per heavy atom. The maximum atomic E-state index is 12.5. The van der Waals surface area contributed by atoms with Gasteiger partial charge in [-0.25, -0.2) is 0 Å². The zero-order valence-corrected chi connectivity index (χ0v) is 13.6. The van der Waals surface area contributed by atoms with E-state index in [1.807, 2.05) is 11.8 Å². The van der Waals surface area contributed by atoms with Crippen molar-refractivity contribution < 1.29 is 4.79 Å². The highest BCUT2D eigenvalue weighted by Gasteiger charge is 2.27. The molecule has 2 heterocycles. The molecule has 1 aromatic rings. The molecule has 1 aromatic carbocycles. The van der Waals surface area contributed by atoms with Gasteiger partial charge in [0.25, 0.3) is 0 Å². The number of anilines is 1. The van der Waals surface area contributed by atoms with Crippen molar-refractivity contribution in [2.45, 2.75) is 42.8 Å². The van der Waals surface area contributed by atoms with Crippen LogP contribution >= 0.6 is 11.8 Å². The van der Waals surface area contributed by atoms with E-state index in [0.29, 0.717) is 17.7 Å². The van der Waals surface area contributed by atoms with Gasteiger partial charge in [0, 0.05) is 29.8 Å². The predicted molar refractivity (Wildman–Crippen MR) is 89.0 cm³/mol. The minimum absolute atomic E-state index is 0.297. The van der Waals surface area contributed by atoms with Crippen molar-refractivity contribution in [2.24, 2.45) is 0 Å². The molecule has 114 valence electrons. The number of piperidine rings is 1. The molecule has 0 spiro atoms. The molecule has 3 nitrogen and oxygen atoms in total. The average Bonchev–Trinajstić information content (AvgIpc) is 2.55. The first-order valence-corrected chi connectivity index (χ1v) is 8.94. The Labute approximate surface area is 131 Å². The molecular weight excluding hydrogens is 280 g/mol. The van der Waals surface area contributed by atoms with E-state index >= 15 is 0 Å². The molecule has 0 N–H and O–H groups in total. The van der Waals surface area contributed by atoms with Crippen LogP contribution in [0.15, 0.2) is 29.2 Å². The summed E-state index contributed by atoms with van der Waals surface area (Å²) in [6.07, 6.45) is 4.74. The molecule has 4 heteroatoms. The third-order valence-electron chi connectivity index (χ3n) is 4.41. The van der Waals surface area contributed by atoms with Crippen molar-refractivity contribution in [3.8, 4) is 0 Å². The molecule has 0 radical (unpaired) electrons. The molecule has 21 heavy (non-hydrogen) atoms. The SMILES string of the molecule is CC[C@@H]1CN(CC(=O)N2CCCCC2)c2ccccc2S1. The number of hydrogen-bond donors (Lipinski definition) is 0. The van der Waals surface area contributed by atoms with Gasteiger partial charge in [0.15, 0.2) is 0 Å². The molecule has 1 fully saturated rings. The van der Waals surface area contributed by atoms with Gasteiger partial charge in [-0.05, 0) is 37.8 Å². The van der Waals surface area contributed by atoms with Crippen LogP contribution in [0.4, 0.5) is 5.69 Å². The fourth-order valence-electron chi connectivity index (χ4n) is 3.15. The Hall–Kier alpha value is -1.16. The van der Waals surface area contributed by atoms with Crippen molar-refractivity contribution in [3.05, 3.63) is 24.3 Å². The number of nitrogens with zero attached hydrogens (tertiary/aromatic N) is 2. The van der Waals surface area contributed by atoms with Crippen LogP contribution in [0.5, 0.6) is 0 Å². The maximum Gasteiger partial charge on any atom is 0.242 e. The Kier molecular flexibility index (Phi) is 4.73. The van der Waals surface area contributed by atoms with Gasteiger partial charge >= 0.3 is 0 Å². The molecular formula is C17H24N2OS. The van der Waals surface area contributed by atoms with Crippen molar-refractivity contribution in [1.82, 2.24) is 4.90 Å². The van der Waals surface area contributed by atoms with Crippen molar-refractivity contribution in [3.63, 3.8) is 0 Å². The summed E-state index contributed by atoms with van der Waals surface area (Å²) in [5.74, 6) is 0.297. The number of benzene rings is 1. The van der Waals surface area contributed by atoms with Crippen molar-refractivity contribution in [2.75, 3.05) is 31.1 Å². The number of likely N-dealkylation sites (tertiary alicyclic amines) is 1. The molecule has 0 bridgehead atoms.